The van der Waals surface area contributed by atoms with Crippen LogP contribution < -0.4 is 0 Å². The van der Waals surface area contributed by atoms with Crippen molar-refractivity contribution in [2.24, 2.45) is 5.92 Å². The van der Waals surface area contributed by atoms with Gasteiger partial charge in [0.15, 0.2) is 0 Å². The molecule has 0 saturated heterocycles. The topological polar surface area (TPSA) is 0 Å². The van der Waals surface area contributed by atoms with Crippen molar-refractivity contribution < 1.29 is 17.6 Å². The van der Waals surface area contributed by atoms with Crippen molar-refractivity contribution in [2.75, 3.05) is 0 Å². The van der Waals surface area contributed by atoms with Crippen LogP contribution in [-0.4, -0.2) is 5.92 Å². The third-order valence-electron chi connectivity index (χ3n) is 3.89. The van der Waals surface area contributed by atoms with Gasteiger partial charge in [0.1, 0.15) is 11.6 Å². The minimum Gasteiger partial charge on any atom is -0.207 e. The largest absolute Gasteiger partial charge is 0.248 e. The smallest absolute Gasteiger partial charge is 0.207 e. The summed E-state index contributed by atoms with van der Waals surface area (Å²) in [4.78, 5) is 0. The van der Waals surface area contributed by atoms with Crippen LogP contribution in [0.3, 0.4) is 0 Å². The van der Waals surface area contributed by atoms with E-state index in [0.717, 1.165) is 12.1 Å². The minimum absolute atomic E-state index is 0.204. The Labute approximate surface area is 104 Å². The van der Waals surface area contributed by atoms with E-state index >= 15 is 0 Å². The second kappa shape index (κ2) is 4.56. The summed E-state index contributed by atoms with van der Waals surface area (Å²) in [5.74, 6) is -4.30. The van der Waals surface area contributed by atoms with Gasteiger partial charge >= 0.3 is 0 Å². The van der Waals surface area contributed by atoms with Crippen LogP contribution in [0.2, 0.25) is 0 Å². The highest BCUT2D eigenvalue weighted by molar-refractivity contribution is 5.33. The van der Waals surface area contributed by atoms with Crippen molar-refractivity contribution in [3.8, 4) is 0 Å². The maximum Gasteiger partial charge on any atom is 0.248 e. The minimum atomic E-state index is -2.67. The fraction of sp³-hybridized carbons (Fsp3) is 0.571. The molecule has 0 aromatic heterocycles. The van der Waals surface area contributed by atoms with E-state index in [1.807, 2.05) is 0 Å². The van der Waals surface area contributed by atoms with Crippen LogP contribution in [-0.2, 0) is 0 Å². The van der Waals surface area contributed by atoms with Gasteiger partial charge in [0, 0.05) is 12.8 Å². The van der Waals surface area contributed by atoms with Crippen LogP contribution in [0.4, 0.5) is 17.6 Å². The third kappa shape index (κ3) is 2.38. The average Bonchev–Trinajstić information content (AvgIpc) is 2.26. The highest BCUT2D eigenvalue weighted by Gasteiger charge is 2.41. The first-order chi connectivity index (χ1) is 8.32. The van der Waals surface area contributed by atoms with E-state index in [-0.39, 0.29) is 42.2 Å². The first kappa shape index (κ1) is 13.4. The van der Waals surface area contributed by atoms with Crippen LogP contribution in [0.1, 0.15) is 43.2 Å². The van der Waals surface area contributed by atoms with E-state index in [0.29, 0.717) is 0 Å². The predicted molar refractivity (Wildman–Crippen MR) is 61.8 cm³/mol. The summed E-state index contributed by atoms with van der Waals surface area (Å²) >= 11 is 0. The molecule has 4 heteroatoms. The monoisotopic (exact) mass is 260 g/mol. The zero-order valence-electron chi connectivity index (χ0n) is 10.4. The molecule has 0 N–H and O–H groups in total. The summed E-state index contributed by atoms with van der Waals surface area (Å²) in [7, 11) is 0. The Kier molecular flexibility index (Phi) is 3.39. The molecule has 1 unspecified atom stereocenters. The predicted octanol–water partition coefficient (Wildman–Crippen LogP) is 4.81. The van der Waals surface area contributed by atoms with Gasteiger partial charge in [-0.25, -0.2) is 17.6 Å². The molecular formula is C14H16F4. The van der Waals surface area contributed by atoms with Gasteiger partial charge in [-0.1, -0.05) is 6.92 Å². The van der Waals surface area contributed by atoms with Crippen molar-refractivity contribution in [2.45, 2.75) is 45.0 Å². The van der Waals surface area contributed by atoms with Gasteiger partial charge in [0.2, 0.25) is 5.92 Å². The number of halogens is 4. The van der Waals surface area contributed by atoms with Crippen molar-refractivity contribution in [3.05, 3.63) is 34.9 Å². The summed E-state index contributed by atoms with van der Waals surface area (Å²) in [6.07, 6.45) is -0.306. The van der Waals surface area contributed by atoms with Crippen molar-refractivity contribution in [1.82, 2.24) is 0 Å². The lowest BCUT2D eigenvalue weighted by Crippen LogP contribution is -2.30. The molecule has 1 aliphatic rings. The summed E-state index contributed by atoms with van der Waals surface area (Å²) in [6.45, 7) is 3.19. The van der Waals surface area contributed by atoms with Crippen LogP contribution in [0, 0.1) is 24.5 Å². The van der Waals surface area contributed by atoms with Crippen LogP contribution >= 0.6 is 0 Å². The molecule has 18 heavy (non-hydrogen) atoms. The number of rotatable bonds is 1. The Morgan fingerprint density at radius 2 is 1.78 bits per heavy atom. The number of hydrogen-bond acceptors (Lipinski definition) is 0. The van der Waals surface area contributed by atoms with Gasteiger partial charge in [-0.05, 0) is 48.4 Å². The maximum atomic E-state index is 13.8. The van der Waals surface area contributed by atoms with Crippen LogP contribution in [0.25, 0.3) is 0 Å². The van der Waals surface area contributed by atoms with E-state index < -0.39 is 17.6 Å². The van der Waals surface area contributed by atoms with Crippen LogP contribution in [0.15, 0.2) is 12.1 Å². The molecule has 0 bridgehead atoms. The molecule has 0 spiro atoms. The zero-order chi connectivity index (χ0) is 13.5. The van der Waals surface area contributed by atoms with Gasteiger partial charge in [-0.15, -0.1) is 0 Å². The lowest BCUT2D eigenvalue weighted by atomic mass is 9.73. The Hall–Kier alpha value is -1.06. The highest BCUT2D eigenvalue weighted by atomic mass is 19.3. The summed E-state index contributed by atoms with van der Waals surface area (Å²) in [6, 6.07) is 2.16. The highest BCUT2D eigenvalue weighted by Crippen LogP contribution is 2.46. The average molecular weight is 260 g/mol. The molecule has 0 radical (unpaired) electrons. The Morgan fingerprint density at radius 1 is 1.17 bits per heavy atom. The number of benzene rings is 1. The fourth-order valence-corrected chi connectivity index (χ4v) is 2.92. The molecule has 100 valence electrons. The van der Waals surface area contributed by atoms with Gasteiger partial charge < -0.3 is 0 Å². The molecule has 2 rings (SSSR count). The van der Waals surface area contributed by atoms with E-state index in [4.69, 9.17) is 0 Å². The molecule has 1 fully saturated rings. The first-order valence-electron chi connectivity index (χ1n) is 6.14. The first-order valence-corrected chi connectivity index (χ1v) is 6.14. The molecular weight excluding hydrogens is 244 g/mol. The van der Waals surface area contributed by atoms with Crippen molar-refractivity contribution in [1.29, 1.82) is 0 Å². The van der Waals surface area contributed by atoms with Crippen molar-refractivity contribution in [3.63, 3.8) is 0 Å². The van der Waals surface area contributed by atoms with Crippen molar-refractivity contribution >= 4 is 0 Å². The molecule has 1 saturated carbocycles. The quantitative estimate of drug-likeness (QED) is 0.635. The molecule has 1 aromatic carbocycles. The van der Waals surface area contributed by atoms with Gasteiger partial charge in [-0.2, -0.15) is 0 Å². The molecule has 1 aliphatic carbocycles. The zero-order valence-corrected chi connectivity index (χ0v) is 10.4. The lowest BCUT2D eigenvalue weighted by molar-refractivity contribution is -0.0559. The Morgan fingerprint density at radius 3 is 2.39 bits per heavy atom. The summed E-state index contributed by atoms with van der Waals surface area (Å²) < 4.78 is 53.8. The van der Waals surface area contributed by atoms with E-state index in [1.54, 1.807) is 6.92 Å². The molecule has 0 aliphatic heterocycles. The summed E-state index contributed by atoms with van der Waals surface area (Å²) in [5, 5.41) is 0. The molecule has 2 atom stereocenters. The third-order valence-corrected chi connectivity index (χ3v) is 3.89. The Balaban J connectivity index is 2.36. The Bertz CT molecular complexity index is 453. The number of alkyl halides is 2. The number of hydrogen-bond donors (Lipinski definition) is 0. The molecule has 0 heterocycles. The maximum absolute atomic E-state index is 13.8. The second-order valence-electron chi connectivity index (χ2n) is 5.25. The fourth-order valence-electron chi connectivity index (χ4n) is 2.92. The summed E-state index contributed by atoms with van der Waals surface area (Å²) in [5.41, 5.74) is 0.523. The molecule has 1 aromatic rings. The molecule has 0 amide bonds. The van der Waals surface area contributed by atoms with E-state index in [2.05, 4.69) is 0 Å². The van der Waals surface area contributed by atoms with Gasteiger partial charge in [0.05, 0.1) is 0 Å². The normalized spacial score (nSPS) is 27.2. The van der Waals surface area contributed by atoms with E-state index in [9.17, 15) is 17.6 Å². The van der Waals surface area contributed by atoms with E-state index in [1.165, 1.54) is 6.92 Å². The standard InChI is InChI=1S/C14H16F4/c1-8-7-14(17,18)6-5-10(8)13-9(2)11(15)3-4-12(13)16/h3-4,8,10H,5-7H2,1-2H3/t8?,10-/m1/s1. The van der Waals surface area contributed by atoms with Crippen LogP contribution in [0.5, 0.6) is 0 Å². The molecule has 0 nitrogen and oxygen atoms in total. The lowest BCUT2D eigenvalue weighted by Gasteiger charge is -2.35. The van der Waals surface area contributed by atoms with Gasteiger partial charge in [0.25, 0.3) is 0 Å². The SMILES string of the molecule is Cc1c(F)ccc(F)c1[C@@H]1CCC(F)(F)CC1C. The van der Waals surface area contributed by atoms with Gasteiger partial charge in [-0.3, -0.25) is 0 Å². The second-order valence-corrected chi connectivity index (χ2v) is 5.25.